The van der Waals surface area contributed by atoms with Gasteiger partial charge in [-0.05, 0) is 62.7 Å². The number of halogens is 2. The van der Waals surface area contributed by atoms with Crippen LogP contribution in [0.1, 0.15) is 52.5 Å². The van der Waals surface area contributed by atoms with Crippen molar-refractivity contribution in [3.8, 4) is 5.75 Å². The highest BCUT2D eigenvalue weighted by atomic mass is 19.1. The summed E-state index contributed by atoms with van der Waals surface area (Å²) in [5.74, 6) is -1.23. The highest BCUT2D eigenvalue weighted by Crippen LogP contribution is 2.45. The summed E-state index contributed by atoms with van der Waals surface area (Å²) in [5.41, 5.74) is 2.01. The summed E-state index contributed by atoms with van der Waals surface area (Å²) < 4.78 is 35.0. The molecule has 2 heterocycles. The Morgan fingerprint density at radius 2 is 1.79 bits per heavy atom. The number of carbonyl (C=O) groups excluding carboxylic acids is 1. The minimum atomic E-state index is -0.688. The highest BCUT2D eigenvalue weighted by Gasteiger charge is 2.38. The maximum atomic E-state index is 14.7. The Labute approximate surface area is 195 Å². The van der Waals surface area contributed by atoms with Crippen LogP contribution in [0.4, 0.5) is 8.78 Å². The molecule has 0 atom stereocenters. The van der Waals surface area contributed by atoms with Crippen molar-refractivity contribution in [1.29, 1.82) is 0 Å². The molecule has 0 aromatic heterocycles. The van der Waals surface area contributed by atoms with E-state index in [2.05, 4.69) is 5.32 Å². The predicted octanol–water partition coefficient (Wildman–Crippen LogP) is 5.57. The Morgan fingerprint density at radius 3 is 2.45 bits per heavy atom. The quantitative estimate of drug-likeness (QED) is 0.644. The van der Waals surface area contributed by atoms with Gasteiger partial charge in [0.1, 0.15) is 11.4 Å². The number of piperidine rings is 1. The van der Waals surface area contributed by atoms with Gasteiger partial charge in [-0.25, -0.2) is 8.78 Å². The van der Waals surface area contributed by atoms with Gasteiger partial charge in [0.15, 0.2) is 11.6 Å². The van der Waals surface area contributed by atoms with Gasteiger partial charge >= 0.3 is 0 Å². The van der Waals surface area contributed by atoms with Gasteiger partial charge in [-0.2, -0.15) is 0 Å². The molecule has 0 unspecified atom stereocenters. The number of allylic oxidation sites excluding steroid dienone is 5. The summed E-state index contributed by atoms with van der Waals surface area (Å²) in [6.45, 7) is 10.7. The third-order valence-corrected chi connectivity index (χ3v) is 6.19. The number of likely N-dealkylation sites (N-methyl/N-ethyl adjacent to an activating group) is 1. The number of hydrogen-bond donors (Lipinski definition) is 1. The number of ether oxygens (including phenoxy) is 1. The van der Waals surface area contributed by atoms with Gasteiger partial charge in [-0.3, -0.25) is 4.79 Å². The van der Waals surface area contributed by atoms with Crippen molar-refractivity contribution in [2.45, 2.75) is 52.6 Å². The zero-order chi connectivity index (χ0) is 24.0. The summed E-state index contributed by atoms with van der Waals surface area (Å²) in [6.07, 6.45) is 11.6. The first-order valence-corrected chi connectivity index (χ1v) is 12.0. The fraction of sp³-hybridized carbons (Fsp3) is 0.444. The average molecular weight is 457 g/mol. The van der Waals surface area contributed by atoms with Crippen molar-refractivity contribution in [3.05, 3.63) is 70.9 Å². The number of benzene rings is 1. The number of fused-ring (bicyclic) bond motifs is 1. The van der Waals surface area contributed by atoms with E-state index in [0.717, 1.165) is 30.3 Å². The van der Waals surface area contributed by atoms with Gasteiger partial charge < -0.3 is 15.0 Å². The maximum Gasteiger partial charge on any atom is 0.253 e. The van der Waals surface area contributed by atoms with Gasteiger partial charge in [0, 0.05) is 43.1 Å². The lowest BCUT2D eigenvalue weighted by Crippen LogP contribution is -2.46. The highest BCUT2D eigenvalue weighted by molar-refractivity contribution is 5.97. The lowest BCUT2D eigenvalue weighted by molar-refractivity contribution is -0.126. The van der Waals surface area contributed by atoms with Crippen LogP contribution < -0.4 is 10.1 Å². The predicted molar refractivity (Wildman–Crippen MR) is 129 cm³/mol. The number of nitrogens with one attached hydrogen (secondary N) is 1. The molecule has 1 amide bonds. The molecule has 0 saturated carbocycles. The molecular formula is C27H34F2N2O2. The Hall–Kier alpha value is -2.73. The third-order valence-electron chi connectivity index (χ3n) is 6.19. The number of hydrogen-bond acceptors (Lipinski definition) is 3. The smallest absolute Gasteiger partial charge is 0.253 e. The molecule has 1 aromatic carbocycles. The van der Waals surface area contributed by atoms with Crippen molar-refractivity contribution < 1.29 is 18.3 Å². The minimum Gasteiger partial charge on any atom is -0.479 e. The molecular weight excluding hydrogens is 422 g/mol. The molecule has 1 spiro atoms. The SMILES string of the molecule is CC.CCN(CC)C(=O)C1=CCC=C(C2=CC3(CCNCC3)Oc3c(F)cc(F)cc32)C=C1. The largest absolute Gasteiger partial charge is 0.479 e. The van der Waals surface area contributed by atoms with Crippen LogP contribution in [-0.4, -0.2) is 42.6 Å². The number of amides is 1. The number of carbonyl (C=O) groups is 1. The normalized spacial score (nSPS) is 18.5. The second-order valence-electron chi connectivity index (χ2n) is 8.10. The molecule has 3 aliphatic rings. The van der Waals surface area contributed by atoms with E-state index in [1.54, 1.807) is 11.0 Å². The first-order valence-electron chi connectivity index (χ1n) is 12.0. The molecule has 1 aromatic rings. The van der Waals surface area contributed by atoms with Gasteiger partial charge in [0.25, 0.3) is 5.91 Å². The third kappa shape index (κ3) is 5.27. The molecule has 2 aliphatic heterocycles. The standard InChI is InChI=1S/C25H28F2N2O2.C2H6/c1-3-29(4-2)24(30)18-7-5-6-17(8-9-18)21-16-25(10-12-28-13-11-25)31-23-20(21)14-19(26)15-22(23)27;1-2/h6-9,14-16,28H,3-5,10-13H2,1-2H3;1-2H3. The fourth-order valence-corrected chi connectivity index (χ4v) is 4.45. The summed E-state index contributed by atoms with van der Waals surface area (Å²) in [4.78, 5) is 14.5. The molecule has 0 bridgehead atoms. The van der Waals surface area contributed by atoms with Crippen molar-refractivity contribution in [1.82, 2.24) is 10.2 Å². The fourth-order valence-electron chi connectivity index (χ4n) is 4.45. The molecule has 1 N–H and O–H groups in total. The van der Waals surface area contributed by atoms with Gasteiger partial charge in [0.2, 0.25) is 0 Å². The van der Waals surface area contributed by atoms with Gasteiger partial charge in [-0.15, -0.1) is 0 Å². The zero-order valence-electron chi connectivity index (χ0n) is 20.0. The van der Waals surface area contributed by atoms with Crippen LogP contribution in [0.25, 0.3) is 5.57 Å². The Balaban J connectivity index is 0.00000149. The molecule has 6 heteroatoms. The van der Waals surface area contributed by atoms with E-state index in [-0.39, 0.29) is 11.7 Å². The van der Waals surface area contributed by atoms with Gasteiger partial charge in [0.05, 0.1) is 0 Å². The summed E-state index contributed by atoms with van der Waals surface area (Å²) in [7, 11) is 0. The van der Waals surface area contributed by atoms with Crippen LogP contribution >= 0.6 is 0 Å². The lowest BCUT2D eigenvalue weighted by atomic mass is 9.83. The van der Waals surface area contributed by atoms with Crippen LogP contribution in [-0.2, 0) is 4.79 Å². The molecule has 1 aliphatic carbocycles. The monoisotopic (exact) mass is 456 g/mol. The van der Waals surface area contributed by atoms with E-state index in [4.69, 9.17) is 4.74 Å². The van der Waals surface area contributed by atoms with E-state index in [1.165, 1.54) is 6.07 Å². The van der Waals surface area contributed by atoms with E-state index in [0.29, 0.717) is 43.5 Å². The van der Waals surface area contributed by atoms with Crippen molar-refractivity contribution in [3.63, 3.8) is 0 Å². The Bertz CT molecular complexity index is 998. The molecule has 178 valence electrons. The molecule has 0 radical (unpaired) electrons. The van der Waals surface area contributed by atoms with Crippen LogP contribution in [0, 0.1) is 11.6 Å². The van der Waals surface area contributed by atoms with Crippen molar-refractivity contribution in [2.75, 3.05) is 26.2 Å². The minimum absolute atomic E-state index is 0.0100. The van der Waals surface area contributed by atoms with E-state index in [9.17, 15) is 13.6 Å². The molecule has 4 nitrogen and oxygen atoms in total. The van der Waals surface area contributed by atoms with Crippen molar-refractivity contribution >= 4 is 11.5 Å². The average Bonchev–Trinajstić information content (AvgIpc) is 3.08. The van der Waals surface area contributed by atoms with Gasteiger partial charge in [-0.1, -0.05) is 32.1 Å². The Kier molecular flexibility index (Phi) is 8.25. The zero-order valence-corrected chi connectivity index (χ0v) is 20.0. The van der Waals surface area contributed by atoms with E-state index >= 15 is 0 Å². The van der Waals surface area contributed by atoms with Crippen LogP contribution in [0.3, 0.4) is 0 Å². The molecule has 33 heavy (non-hydrogen) atoms. The molecule has 1 saturated heterocycles. The molecule has 1 fully saturated rings. The second-order valence-corrected chi connectivity index (χ2v) is 8.10. The van der Waals surface area contributed by atoms with E-state index < -0.39 is 17.2 Å². The first kappa shape index (κ1) is 24.9. The second kappa shape index (κ2) is 10.9. The summed E-state index contributed by atoms with van der Waals surface area (Å²) >= 11 is 0. The van der Waals surface area contributed by atoms with E-state index in [1.807, 2.05) is 52.0 Å². The maximum absolute atomic E-state index is 14.7. The summed E-state index contributed by atoms with van der Waals surface area (Å²) in [6, 6.07) is 2.20. The van der Waals surface area contributed by atoms with Crippen LogP contribution in [0.2, 0.25) is 0 Å². The van der Waals surface area contributed by atoms with Crippen molar-refractivity contribution in [2.24, 2.45) is 0 Å². The van der Waals surface area contributed by atoms with Crippen LogP contribution in [0.15, 0.2) is 53.7 Å². The Morgan fingerprint density at radius 1 is 1.09 bits per heavy atom. The number of rotatable bonds is 4. The number of nitrogens with zero attached hydrogens (tertiary/aromatic N) is 1. The topological polar surface area (TPSA) is 41.6 Å². The summed E-state index contributed by atoms with van der Waals surface area (Å²) in [5, 5.41) is 3.31. The molecule has 4 rings (SSSR count). The lowest BCUT2D eigenvalue weighted by Gasteiger charge is -2.40. The first-order chi connectivity index (χ1) is 16.0. The van der Waals surface area contributed by atoms with Crippen LogP contribution in [0.5, 0.6) is 5.75 Å².